The number of hydrogen-bond donors (Lipinski definition) is 2. The molecule has 0 aliphatic heterocycles. The van der Waals surface area contributed by atoms with Gasteiger partial charge in [-0.25, -0.2) is 14.4 Å². The number of benzene rings is 2. The van der Waals surface area contributed by atoms with E-state index in [1.165, 1.54) is 12.4 Å². The van der Waals surface area contributed by atoms with Gasteiger partial charge in [-0.2, -0.15) is 0 Å². The maximum Gasteiger partial charge on any atom is 0.166 e. The lowest BCUT2D eigenvalue weighted by Gasteiger charge is -2.33. The number of nitrogens with two attached hydrogens (primary N) is 1. The van der Waals surface area contributed by atoms with Crippen molar-refractivity contribution < 1.29 is 18.7 Å². The van der Waals surface area contributed by atoms with Gasteiger partial charge >= 0.3 is 0 Å². The number of hydrogen-bond acceptors (Lipinski definition) is 7. The van der Waals surface area contributed by atoms with Crippen LogP contribution in [0.1, 0.15) is 35.2 Å². The van der Waals surface area contributed by atoms with Crippen molar-refractivity contribution in [1.29, 1.82) is 0 Å². The Morgan fingerprint density at radius 3 is 2.77 bits per heavy atom. The molecule has 0 amide bonds. The van der Waals surface area contributed by atoms with E-state index in [0.29, 0.717) is 46.9 Å². The zero-order valence-electron chi connectivity index (χ0n) is 16.4. The summed E-state index contributed by atoms with van der Waals surface area (Å²) in [6.45, 7) is 0. The molecular formula is C22H21FN4O3. The highest BCUT2D eigenvalue weighted by molar-refractivity contribution is 6.03. The maximum absolute atomic E-state index is 14.1. The van der Waals surface area contributed by atoms with Gasteiger partial charge in [0.25, 0.3) is 0 Å². The summed E-state index contributed by atoms with van der Waals surface area (Å²) >= 11 is 0. The largest absolute Gasteiger partial charge is 0.493 e. The lowest BCUT2D eigenvalue weighted by Crippen LogP contribution is -2.43. The zero-order valence-corrected chi connectivity index (χ0v) is 16.4. The number of aromatic nitrogens is 2. The molecule has 1 aromatic heterocycles. The lowest BCUT2D eigenvalue weighted by molar-refractivity contribution is 0.0974. The number of carbonyl (C=O) groups excluding carboxylic acids is 1. The summed E-state index contributed by atoms with van der Waals surface area (Å²) < 4.78 is 25.7. The number of rotatable bonds is 5. The highest BCUT2D eigenvalue weighted by Gasteiger charge is 2.29. The monoisotopic (exact) mass is 408 g/mol. The molecule has 1 fully saturated rings. The average molecular weight is 408 g/mol. The van der Waals surface area contributed by atoms with Crippen LogP contribution < -0.4 is 20.5 Å². The number of ether oxygens (including phenoxy) is 2. The third-order valence-corrected chi connectivity index (χ3v) is 5.74. The van der Waals surface area contributed by atoms with Crippen LogP contribution in [0.5, 0.6) is 11.5 Å². The number of nitrogens with one attached hydrogen (secondary N) is 1. The molecule has 1 heterocycles. The van der Waals surface area contributed by atoms with Gasteiger partial charge in [-0.3, -0.25) is 4.79 Å². The summed E-state index contributed by atoms with van der Waals surface area (Å²) in [5.74, 6) is 1.08. The summed E-state index contributed by atoms with van der Waals surface area (Å²) in [6.07, 6.45) is 3.92. The minimum Gasteiger partial charge on any atom is -0.493 e. The Morgan fingerprint density at radius 1 is 1.17 bits per heavy atom. The Balaban J connectivity index is 1.54. The van der Waals surface area contributed by atoms with Crippen molar-refractivity contribution in [2.75, 3.05) is 12.4 Å². The van der Waals surface area contributed by atoms with Gasteiger partial charge in [0.2, 0.25) is 0 Å². The van der Waals surface area contributed by atoms with Crippen molar-refractivity contribution in [3.63, 3.8) is 0 Å². The number of methoxy groups -OCH3 is 1. The molecule has 0 radical (unpaired) electrons. The van der Waals surface area contributed by atoms with E-state index >= 15 is 0 Å². The normalized spacial score (nSPS) is 20.0. The van der Waals surface area contributed by atoms with Crippen LogP contribution in [0.15, 0.2) is 30.6 Å². The quantitative estimate of drug-likeness (QED) is 0.666. The van der Waals surface area contributed by atoms with Gasteiger partial charge in [0.05, 0.1) is 18.2 Å². The molecule has 3 N–H and O–H groups in total. The molecule has 2 aromatic carbocycles. The average Bonchev–Trinajstić information content (AvgIpc) is 3.11. The van der Waals surface area contributed by atoms with E-state index in [1.54, 1.807) is 19.2 Å². The third-order valence-electron chi connectivity index (χ3n) is 5.74. The second-order valence-corrected chi connectivity index (χ2v) is 7.71. The van der Waals surface area contributed by atoms with Gasteiger partial charge in [0.1, 0.15) is 24.1 Å². The number of halogens is 1. The van der Waals surface area contributed by atoms with Crippen LogP contribution in [-0.4, -0.2) is 35.0 Å². The van der Waals surface area contributed by atoms with Crippen LogP contribution in [0.4, 0.5) is 15.9 Å². The lowest BCUT2D eigenvalue weighted by atomic mass is 9.90. The van der Waals surface area contributed by atoms with Gasteiger partial charge in [0, 0.05) is 29.6 Å². The minimum atomic E-state index is -0.482. The number of Topliss-reactive ketones (excluding diaryl/α,β-unsaturated/α-hetero) is 1. The second-order valence-electron chi connectivity index (χ2n) is 7.71. The predicted molar refractivity (Wildman–Crippen MR) is 110 cm³/mol. The van der Waals surface area contributed by atoms with Crippen molar-refractivity contribution in [2.45, 2.75) is 37.8 Å². The van der Waals surface area contributed by atoms with Crippen molar-refractivity contribution in [3.05, 3.63) is 47.5 Å². The van der Waals surface area contributed by atoms with E-state index in [1.807, 2.05) is 6.07 Å². The van der Waals surface area contributed by atoms with Crippen LogP contribution in [0.25, 0.3) is 10.9 Å². The molecule has 0 bridgehead atoms. The first-order chi connectivity index (χ1) is 14.5. The van der Waals surface area contributed by atoms with Crippen molar-refractivity contribution in [1.82, 2.24) is 9.97 Å². The molecule has 0 saturated heterocycles. The van der Waals surface area contributed by atoms with E-state index in [2.05, 4.69) is 15.3 Å². The molecule has 154 valence electrons. The first-order valence-electron chi connectivity index (χ1n) is 9.90. The highest BCUT2D eigenvalue weighted by atomic mass is 19.1. The van der Waals surface area contributed by atoms with Crippen molar-refractivity contribution in [3.8, 4) is 11.5 Å². The van der Waals surface area contributed by atoms with Gasteiger partial charge in [-0.15, -0.1) is 0 Å². The molecule has 8 heteroatoms. The molecule has 30 heavy (non-hydrogen) atoms. The number of fused-ring (bicyclic) bond motifs is 2. The summed E-state index contributed by atoms with van der Waals surface area (Å²) in [5.41, 5.74) is 8.06. The Morgan fingerprint density at radius 2 is 2.00 bits per heavy atom. The van der Waals surface area contributed by atoms with Crippen LogP contribution in [0, 0.1) is 5.82 Å². The zero-order chi connectivity index (χ0) is 20.8. The summed E-state index contributed by atoms with van der Waals surface area (Å²) in [7, 11) is 1.58. The summed E-state index contributed by atoms with van der Waals surface area (Å²) in [5, 5.41) is 4.00. The Kier molecular flexibility index (Phi) is 4.51. The van der Waals surface area contributed by atoms with Crippen LogP contribution in [0.3, 0.4) is 0 Å². The number of carbonyl (C=O) groups is 1. The first-order valence-corrected chi connectivity index (χ1v) is 9.90. The second kappa shape index (κ2) is 7.21. The smallest absolute Gasteiger partial charge is 0.166 e. The van der Waals surface area contributed by atoms with Crippen LogP contribution in [-0.2, 0) is 6.42 Å². The Hall–Kier alpha value is -3.26. The highest BCUT2D eigenvalue weighted by Crippen LogP contribution is 2.38. The topological polar surface area (TPSA) is 99.4 Å². The molecule has 2 aliphatic carbocycles. The molecular weight excluding hydrogens is 387 g/mol. The van der Waals surface area contributed by atoms with Gasteiger partial charge < -0.3 is 20.5 Å². The van der Waals surface area contributed by atoms with Crippen molar-refractivity contribution >= 4 is 28.2 Å². The van der Waals surface area contributed by atoms with E-state index in [0.717, 1.165) is 18.2 Å². The van der Waals surface area contributed by atoms with Crippen LogP contribution in [0.2, 0.25) is 0 Å². The fraction of sp³-hybridized carbons (Fsp3) is 0.318. The van der Waals surface area contributed by atoms with Gasteiger partial charge in [-0.1, -0.05) is 0 Å². The molecule has 0 atom stereocenters. The molecule has 1 saturated carbocycles. The first kappa shape index (κ1) is 18.7. The predicted octanol–water partition coefficient (Wildman–Crippen LogP) is 3.52. The SMILES string of the molecule is COc1cc2ncnc(Nc3ccc(F)c4c3CCC4=O)c2cc1OC1CC(N)C1. The molecule has 3 aromatic rings. The summed E-state index contributed by atoms with van der Waals surface area (Å²) in [6, 6.07) is 6.76. The van der Waals surface area contributed by atoms with E-state index in [-0.39, 0.29) is 23.5 Å². The number of ketones is 1. The van der Waals surface area contributed by atoms with E-state index in [9.17, 15) is 9.18 Å². The minimum absolute atomic E-state index is 0.0544. The summed E-state index contributed by atoms with van der Waals surface area (Å²) in [4.78, 5) is 20.8. The fourth-order valence-electron chi connectivity index (χ4n) is 4.09. The number of anilines is 2. The fourth-order valence-corrected chi connectivity index (χ4v) is 4.09. The third kappa shape index (κ3) is 3.13. The molecule has 0 unspecified atom stereocenters. The standard InChI is InChI=1S/C22H21FN4O3/c1-29-19-9-17-14(8-20(19)30-12-6-11(24)7-12)22(26-10-25-17)27-16-4-3-15(23)21-13(16)2-5-18(21)28/h3-4,8-12H,2,5-7,24H2,1H3,(H,25,26,27). The van der Waals surface area contributed by atoms with Crippen molar-refractivity contribution in [2.24, 2.45) is 5.73 Å². The van der Waals surface area contributed by atoms with E-state index in [4.69, 9.17) is 15.2 Å². The Bertz CT molecular complexity index is 1160. The van der Waals surface area contributed by atoms with Crippen LogP contribution >= 0.6 is 0 Å². The number of nitrogens with zero attached hydrogens (tertiary/aromatic N) is 2. The molecule has 0 spiro atoms. The van der Waals surface area contributed by atoms with Gasteiger partial charge in [0.15, 0.2) is 17.3 Å². The molecule has 2 aliphatic rings. The molecule has 5 rings (SSSR count). The Labute approximate surface area is 172 Å². The van der Waals surface area contributed by atoms with E-state index < -0.39 is 5.82 Å². The maximum atomic E-state index is 14.1. The van der Waals surface area contributed by atoms with Gasteiger partial charge in [-0.05, 0) is 43.0 Å². The molecule has 7 nitrogen and oxygen atoms in total.